The molecule has 0 radical (unpaired) electrons. The number of aromatic nitrogens is 2. The van der Waals surface area contributed by atoms with Crippen molar-refractivity contribution in [3.8, 4) is 0 Å². The van der Waals surface area contributed by atoms with E-state index in [1.165, 1.54) is 54.7 Å². The van der Waals surface area contributed by atoms with Gasteiger partial charge in [-0.05, 0) is 48.5 Å². The van der Waals surface area contributed by atoms with Crippen LogP contribution in [0, 0.1) is 10.1 Å². The number of urea groups is 1. The zero-order chi connectivity index (χ0) is 23.4. The molecule has 3 N–H and O–H groups in total. The number of non-ortho nitro benzene ring substituents is 1. The first-order valence-corrected chi connectivity index (χ1v) is 11.0. The van der Waals surface area contributed by atoms with Gasteiger partial charge in [-0.2, -0.15) is 0 Å². The smallest absolute Gasteiger partial charge is 0.308 e. The number of hydrogen-bond acceptors (Lipinski definition) is 7. The van der Waals surface area contributed by atoms with Crippen molar-refractivity contribution in [3.05, 3.63) is 89.1 Å². The summed E-state index contributed by atoms with van der Waals surface area (Å²) in [4.78, 5) is 30.7. The second kappa shape index (κ2) is 8.88. The molecule has 0 aliphatic rings. The van der Waals surface area contributed by atoms with E-state index in [0.717, 1.165) is 0 Å². The largest absolute Gasteiger partial charge is 0.323 e. The molecule has 0 unspecified atom stereocenters. The molecule has 0 saturated heterocycles. The number of para-hydroxylation sites is 2. The Morgan fingerprint density at radius 3 is 2.03 bits per heavy atom. The fourth-order valence-corrected chi connectivity index (χ4v) is 3.87. The van der Waals surface area contributed by atoms with Crippen molar-refractivity contribution >= 4 is 50.0 Å². The van der Waals surface area contributed by atoms with Crippen LogP contribution in [0.15, 0.2) is 83.9 Å². The van der Waals surface area contributed by atoms with Crippen LogP contribution >= 0.6 is 0 Å². The molecule has 0 aliphatic heterocycles. The average molecular weight is 464 g/mol. The fraction of sp³-hybridized carbons (Fsp3) is 0. The molecule has 0 bridgehead atoms. The van der Waals surface area contributed by atoms with Gasteiger partial charge in [-0.25, -0.2) is 18.2 Å². The monoisotopic (exact) mass is 464 g/mol. The third kappa shape index (κ3) is 5.19. The van der Waals surface area contributed by atoms with E-state index >= 15 is 0 Å². The summed E-state index contributed by atoms with van der Waals surface area (Å²) in [6.45, 7) is 0. The minimum absolute atomic E-state index is 0.0289. The number of amides is 2. The lowest BCUT2D eigenvalue weighted by Gasteiger charge is -2.10. The highest BCUT2D eigenvalue weighted by Crippen LogP contribution is 2.19. The molecular weight excluding hydrogens is 448 g/mol. The molecule has 0 fully saturated rings. The van der Waals surface area contributed by atoms with Crippen molar-refractivity contribution in [2.45, 2.75) is 4.90 Å². The summed E-state index contributed by atoms with van der Waals surface area (Å²) in [6, 6.07) is 17.3. The number of nitrogens with one attached hydrogen (secondary N) is 3. The first kappa shape index (κ1) is 21.6. The maximum Gasteiger partial charge on any atom is 0.323 e. The Bertz CT molecular complexity index is 1440. The number of nitro benzene ring substituents is 1. The van der Waals surface area contributed by atoms with Crippen LogP contribution in [-0.4, -0.2) is 29.3 Å². The quantitative estimate of drug-likeness (QED) is 0.288. The van der Waals surface area contributed by atoms with E-state index in [2.05, 4.69) is 25.3 Å². The third-order valence-electron chi connectivity index (χ3n) is 4.45. The molecule has 0 saturated carbocycles. The number of carbonyl (C=O) groups excluding carboxylic acids is 1. The number of hydrogen-bond donors (Lipinski definition) is 3. The van der Waals surface area contributed by atoms with Gasteiger partial charge in [-0.15, -0.1) is 0 Å². The van der Waals surface area contributed by atoms with Gasteiger partial charge in [0, 0.05) is 23.5 Å². The van der Waals surface area contributed by atoms with Crippen LogP contribution in [0.2, 0.25) is 0 Å². The number of fused-ring (bicyclic) bond motifs is 1. The maximum absolute atomic E-state index is 12.7. The Morgan fingerprint density at radius 2 is 1.42 bits per heavy atom. The van der Waals surface area contributed by atoms with Crippen molar-refractivity contribution in [3.63, 3.8) is 0 Å². The summed E-state index contributed by atoms with van der Waals surface area (Å²) in [5.41, 5.74) is 1.80. The van der Waals surface area contributed by atoms with E-state index < -0.39 is 21.0 Å². The Kier molecular flexibility index (Phi) is 5.83. The number of nitrogens with zero attached hydrogens (tertiary/aromatic N) is 3. The summed E-state index contributed by atoms with van der Waals surface area (Å²) < 4.78 is 27.7. The molecule has 4 rings (SSSR count). The highest BCUT2D eigenvalue weighted by molar-refractivity contribution is 7.92. The molecule has 3 aromatic carbocycles. The van der Waals surface area contributed by atoms with E-state index in [1.807, 2.05) is 6.07 Å². The normalized spacial score (nSPS) is 11.0. The second-order valence-electron chi connectivity index (χ2n) is 6.76. The third-order valence-corrected chi connectivity index (χ3v) is 5.82. The van der Waals surface area contributed by atoms with Gasteiger partial charge in [0.25, 0.3) is 15.7 Å². The van der Waals surface area contributed by atoms with E-state index in [-0.39, 0.29) is 16.4 Å². The van der Waals surface area contributed by atoms with Crippen molar-refractivity contribution < 1.29 is 18.1 Å². The van der Waals surface area contributed by atoms with Gasteiger partial charge in [-0.1, -0.05) is 12.1 Å². The van der Waals surface area contributed by atoms with E-state index in [0.29, 0.717) is 22.4 Å². The average Bonchev–Trinajstić information content (AvgIpc) is 2.79. The van der Waals surface area contributed by atoms with Gasteiger partial charge in [-0.3, -0.25) is 19.8 Å². The molecule has 4 aromatic rings. The van der Waals surface area contributed by atoms with Crippen LogP contribution in [0.5, 0.6) is 0 Å². The molecule has 0 atom stereocenters. The number of nitro groups is 1. The Labute approximate surface area is 187 Å². The molecule has 11 nitrogen and oxygen atoms in total. The van der Waals surface area contributed by atoms with Gasteiger partial charge < -0.3 is 10.6 Å². The standard InChI is InChI=1S/C21H16N6O5S/c28-21(23-14-5-9-16(10-6-14)27(29)30)24-15-7-11-17(12-8-15)33(31,32)26-20-13-22-18-3-1-2-4-19(18)25-20/h1-13H,(H,25,26)(H2,23,24,28). The molecule has 1 aromatic heterocycles. The number of sulfonamides is 1. The Balaban J connectivity index is 1.41. The lowest BCUT2D eigenvalue weighted by atomic mass is 10.3. The van der Waals surface area contributed by atoms with Gasteiger partial charge >= 0.3 is 6.03 Å². The number of benzene rings is 3. The molecular formula is C21H16N6O5S. The Morgan fingerprint density at radius 1 is 0.848 bits per heavy atom. The molecule has 2 amide bonds. The van der Waals surface area contributed by atoms with Gasteiger partial charge in [0.15, 0.2) is 5.82 Å². The Hall–Kier alpha value is -4.58. The highest BCUT2D eigenvalue weighted by Gasteiger charge is 2.16. The van der Waals surface area contributed by atoms with E-state index in [4.69, 9.17) is 0 Å². The highest BCUT2D eigenvalue weighted by atomic mass is 32.2. The van der Waals surface area contributed by atoms with Crippen LogP contribution in [0.4, 0.5) is 27.7 Å². The summed E-state index contributed by atoms with van der Waals surface area (Å²) in [7, 11) is -3.92. The maximum atomic E-state index is 12.7. The zero-order valence-corrected chi connectivity index (χ0v) is 17.6. The van der Waals surface area contributed by atoms with Gasteiger partial charge in [0.2, 0.25) is 0 Å². The summed E-state index contributed by atoms with van der Waals surface area (Å²) >= 11 is 0. The summed E-state index contributed by atoms with van der Waals surface area (Å²) in [5.74, 6) is 0.0818. The second-order valence-corrected chi connectivity index (χ2v) is 8.44. The van der Waals surface area contributed by atoms with E-state index in [9.17, 15) is 23.3 Å². The number of rotatable bonds is 6. The van der Waals surface area contributed by atoms with Crippen LogP contribution < -0.4 is 15.4 Å². The molecule has 1 heterocycles. The zero-order valence-electron chi connectivity index (χ0n) is 16.8. The molecule has 12 heteroatoms. The van der Waals surface area contributed by atoms with Crippen LogP contribution in [0.3, 0.4) is 0 Å². The van der Waals surface area contributed by atoms with Crippen molar-refractivity contribution in [1.82, 2.24) is 9.97 Å². The predicted octanol–water partition coefficient (Wildman–Crippen LogP) is 3.98. The summed E-state index contributed by atoms with van der Waals surface area (Å²) in [5, 5.41) is 15.8. The fourth-order valence-electron chi connectivity index (χ4n) is 2.88. The topological polar surface area (TPSA) is 156 Å². The lowest BCUT2D eigenvalue weighted by Crippen LogP contribution is -2.19. The van der Waals surface area contributed by atoms with Gasteiger partial charge in [0.1, 0.15) is 0 Å². The first-order chi connectivity index (χ1) is 15.8. The van der Waals surface area contributed by atoms with Crippen molar-refractivity contribution in [2.24, 2.45) is 0 Å². The molecule has 166 valence electrons. The van der Waals surface area contributed by atoms with Gasteiger partial charge in [0.05, 0.1) is 27.0 Å². The van der Waals surface area contributed by atoms with Crippen LogP contribution in [0.25, 0.3) is 11.0 Å². The number of carbonyl (C=O) groups is 1. The minimum atomic E-state index is -3.92. The molecule has 0 spiro atoms. The predicted molar refractivity (Wildman–Crippen MR) is 123 cm³/mol. The molecule has 0 aliphatic carbocycles. The van der Waals surface area contributed by atoms with Crippen LogP contribution in [0.1, 0.15) is 0 Å². The van der Waals surface area contributed by atoms with Crippen molar-refractivity contribution in [2.75, 3.05) is 15.4 Å². The molecule has 33 heavy (non-hydrogen) atoms. The van der Waals surface area contributed by atoms with E-state index in [1.54, 1.807) is 18.2 Å². The summed E-state index contributed by atoms with van der Waals surface area (Å²) in [6.07, 6.45) is 1.33. The van der Waals surface area contributed by atoms with Crippen molar-refractivity contribution in [1.29, 1.82) is 0 Å². The minimum Gasteiger partial charge on any atom is -0.308 e. The van der Waals surface area contributed by atoms with Crippen LogP contribution in [-0.2, 0) is 10.0 Å². The lowest BCUT2D eigenvalue weighted by molar-refractivity contribution is -0.384. The number of anilines is 3. The SMILES string of the molecule is O=C(Nc1ccc([N+](=O)[O-])cc1)Nc1ccc(S(=O)(=O)Nc2cnc3ccccc3n2)cc1. The first-order valence-electron chi connectivity index (χ1n) is 9.47.